The molecule has 0 saturated heterocycles. The molecular weight excluding hydrogens is 332 g/mol. The summed E-state index contributed by atoms with van der Waals surface area (Å²) >= 11 is 6.88. The second-order valence-electron chi connectivity index (χ2n) is 8.54. The van der Waals surface area contributed by atoms with Crippen molar-refractivity contribution in [1.29, 1.82) is 0 Å². The fourth-order valence-electron chi connectivity index (χ4n) is 4.40. The lowest BCUT2D eigenvalue weighted by atomic mass is 9.83. The molecule has 1 nitrogen and oxygen atoms in total. The van der Waals surface area contributed by atoms with Crippen LogP contribution in [0.15, 0.2) is 40.6 Å². The first-order valence-electron chi connectivity index (χ1n) is 9.53. The van der Waals surface area contributed by atoms with E-state index in [-0.39, 0.29) is 12.2 Å². The van der Waals surface area contributed by atoms with E-state index in [1.54, 1.807) is 0 Å². The first-order valence-corrected chi connectivity index (χ1v) is 13.4. The van der Waals surface area contributed by atoms with Crippen LogP contribution in [0.25, 0.3) is 0 Å². The molecule has 0 aromatic heterocycles. The van der Waals surface area contributed by atoms with Gasteiger partial charge in [0.2, 0.25) is 0 Å². The molecule has 1 saturated carbocycles. The summed E-state index contributed by atoms with van der Waals surface area (Å²) in [5, 5.41) is 2.62. The van der Waals surface area contributed by atoms with Crippen LogP contribution in [0.3, 0.4) is 0 Å². The van der Waals surface area contributed by atoms with Gasteiger partial charge in [0.25, 0.3) is 0 Å². The number of ether oxygens (including phenoxy) is 1. The van der Waals surface area contributed by atoms with Gasteiger partial charge in [0.1, 0.15) is 0 Å². The Bertz CT molecular complexity index is 569. The third-order valence-corrected chi connectivity index (χ3v) is 8.23. The Kier molecular flexibility index (Phi) is 5.89. The van der Waals surface area contributed by atoms with Gasteiger partial charge in [0, 0.05) is 11.5 Å². The first kappa shape index (κ1) is 18.2. The van der Waals surface area contributed by atoms with E-state index in [9.17, 15) is 0 Å². The number of rotatable bonds is 4. The summed E-state index contributed by atoms with van der Waals surface area (Å²) in [6.07, 6.45) is 9.06. The topological polar surface area (TPSA) is 9.23 Å². The van der Waals surface area contributed by atoms with E-state index >= 15 is 0 Å². The molecule has 24 heavy (non-hydrogen) atoms. The van der Waals surface area contributed by atoms with E-state index in [4.69, 9.17) is 16.3 Å². The molecule has 2 aliphatic rings. The highest BCUT2D eigenvalue weighted by Gasteiger charge is 2.40. The van der Waals surface area contributed by atoms with Gasteiger partial charge in [-0.15, -0.1) is 0 Å². The largest absolute Gasteiger partial charge is 0.370 e. The molecule has 0 amide bonds. The SMILES string of the molecule is C[Si](C)(C)C1=C(Cl)C[C@H](Cc2ccccc2)O[C@H]1C1CCCCC1. The van der Waals surface area contributed by atoms with E-state index in [0.717, 1.165) is 17.9 Å². The molecule has 1 aromatic rings. The minimum absolute atomic E-state index is 0.229. The van der Waals surface area contributed by atoms with Crippen LogP contribution in [0, 0.1) is 5.92 Å². The zero-order chi connectivity index (χ0) is 17.2. The molecule has 1 heterocycles. The van der Waals surface area contributed by atoms with Crippen LogP contribution in [-0.2, 0) is 11.2 Å². The summed E-state index contributed by atoms with van der Waals surface area (Å²) < 4.78 is 6.73. The smallest absolute Gasteiger partial charge is 0.0796 e. The standard InChI is InChI=1S/C21H31ClOSi/c1-24(2,3)21-19(22)15-18(14-16-10-6-4-7-11-16)23-20(21)17-12-8-5-9-13-17/h4,6-7,10-11,17-18,20H,5,8-9,12-15H2,1-3H3/t18-,20-/m0/s1. The maximum atomic E-state index is 6.88. The summed E-state index contributed by atoms with van der Waals surface area (Å²) in [7, 11) is -1.47. The maximum Gasteiger partial charge on any atom is 0.0796 e. The summed E-state index contributed by atoms with van der Waals surface area (Å²) in [5.74, 6) is 0.674. The Morgan fingerprint density at radius 3 is 2.33 bits per heavy atom. The number of hydrogen-bond donors (Lipinski definition) is 0. The van der Waals surface area contributed by atoms with Gasteiger partial charge in [-0.25, -0.2) is 0 Å². The van der Waals surface area contributed by atoms with Crippen LogP contribution < -0.4 is 0 Å². The molecule has 1 aliphatic heterocycles. The van der Waals surface area contributed by atoms with Gasteiger partial charge in [-0.3, -0.25) is 0 Å². The summed E-state index contributed by atoms with van der Waals surface area (Å²) in [4.78, 5) is 0. The van der Waals surface area contributed by atoms with Crippen molar-refractivity contribution >= 4 is 19.7 Å². The van der Waals surface area contributed by atoms with Crippen molar-refractivity contribution in [3.63, 3.8) is 0 Å². The number of hydrogen-bond acceptors (Lipinski definition) is 1. The van der Waals surface area contributed by atoms with Crippen molar-refractivity contribution < 1.29 is 4.74 Å². The molecule has 0 spiro atoms. The Hall–Kier alpha value is -0.573. The van der Waals surface area contributed by atoms with Crippen molar-refractivity contribution in [3.8, 4) is 0 Å². The zero-order valence-corrected chi connectivity index (χ0v) is 17.1. The Morgan fingerprint density at radius 2 is 1.71 bits per heavy atom. The monoisotopic (exact) mass is 362 g/mol. The van der Waals surface area contributed by atoms with Gasteiger partial charge in [0.05, 0.1) is 20.3 Å². The molecule has 132 valence electrons. The van der Waals surface area contributed by atoms with E-state index in [0.29, 0.717) is 5.92 Å². The lowest BCUT2D eigenvalue weighted by molar-refractivity contribution is -0.0352. The molecule has 2 atom stereocenters. The van der Waals surface area contributed by atoms with Crippen LogP contribution in [0.2, 0.25) is 19.6 Å². The van der Waals surface area contributed by atoms with Gasteiger partial charge in [-0.2, -0.15) is 0 Å². The van der Waals surface area contributed by atoms with Crippen LogP contribution in [-0.4, -0.2) is 20.3 Å². The van der Waals surface area contributed by atoms with Crippen LogP contribution in [0.5, 0.6) is 0 Å². The predicted octanol–water partition coefficient (Wildman–Crippen LogP) is 6.34. The highest BCUT2D eigenvalue weighted by molar-refractivity contribution is 6.84. The van der Waals surface area contributed by atoms with Crippen LogP contribution in [0.1, 0.15) is 44.1 Å². The lowest BCUT2D eigenvalue weighted by Gasteiger charge is -2.42. The number of benzene rings is 1. The Morgan fingerprint density at radius 1 is 1.04 bits per heavy atom. The molecule has 0 N–H and O–H groups in total. The third kappa shape index (κ3) is 4.33. The van der Waals surface area contributed by atoms with Gasteiger partial charge in [-0.1, -0.05) is 80.8 Å². The minimum Gasteiger partial charge on any atom is -0.370 e. The van der Waals surface area contributed by atoms with Gasteiger partial charge in [-0.05, 0) is 35.9 Å². The van der Waals surface area contributed by atoms with E-state index < -0.39 is 8.07 Å². The van der Waals surface area contributed by atoms with E-state index in [1.165, 1.54) is 42.9 Å². The predicted molar refractivity (Wildman–Crippen MR) is 106 cm³/mol. The highest BCUT2D eigenvalue weighted by atomic mass is 35.5. The molecule has 1 aliphatic carbocycles. The third-order valence-electron chi connectivity index (χ3n) is 5.51. The zero-order valence-electron chi connectivity index (χ0n) is 15.4. The van der Waals surface area contributed by atoms with Gasteiger partial charge in [0.15, 0.2) is 0 Å². The second kappa shape index (κ2) is 7.76. The molecule has 1 aromatic carbocycles. The first-order chi connectivity index (χ1) is 11.4. The van der Waals surface area contributed by atoms with Crippen molar-refractivity contribution in [2.75, 3.05) is 0 Å². The van der Waals surface area contributed by atoms with E-state index in [2.05, 4.69) is 50.0 Å². The number of halogens is 1. The fraction of sp³-hybridized carbons (Fsp3) is 0.619. The summed E-state index contributed by atoms with van der Waals surface area (Å²) in [6.45, 7) is 7.25. The van der Waals surface area contributed by atoms with Gasteiger partial charge >= 0.3 is 0 Å². The fourth-order valence-corrected chi connectivity index (χ4v) is 7.61. The summed E-state index contributed by atoms with van der Waals surface area (Å²) in [5.41, 5.74) is 1.35. The van der Waals surface area contributed by atoms with Crippen LogP contribution >= 0.6 is 11.6 Å². The molecule has 0 bridgehead atoms. The van der Waals surface area contributed by atoms with Gasteiger partial charge < -0.3 is 4.74 Å². The average Bonchev–Trinajstić information content (AvgIpc) is 2.55. The van der Waals surface area contributed by atoms with Crippen molar-refractivity contribution in [2.45, 2.75) is 76.8 Å². The molecule has 1 fully saturated rings. The Balaban J connectivity index is 1.83. The van der Waals surface area contributed by atoms with Crippen molar-refractivity contribution in [2.24, 2.45) is 5.92 Å². The van der Waals surface area contributed by atoms with E-state index in [1.807, 2.05) is 0 Å². The molecule has 0 unspecified atom stereocenters. The Labute approximate surface area is 153 Å². The molecule has 3 rings (SSSR count). The second-order valence-corrected chi connectivity index (χ2v) is 14.0. The normalized spacial score (nSPS) is 26.7. The van der Waals surface area contributed by atoms with Crippen molar-refractivity contribution in [1.82, 2.24) is 0 Å². The maximum absolute atomic E-state index is 6.88. The van der Waals surface area contributed by atoms with Crippen molar-refractivity contribution in [3.05, 3.63) is 46.1 Å². The quantitative estimate of drug-likeness (QED) is 0.568. The summed E-state index contributed by atoms with van der Waals surface area (Å²) in [6, 6.07) is 10.7. The molecule has 3 heteroatoms. The molecule has 0 radical (unpaired) electrons. The average molecular weight is 363 g/mol. The lowest BCUT2D eigenvalue weighted by Crippen LogP contribution is -2.44. The molecular formula is C21H31ClOSi. The van der Waals surface area contributed by atoms with Crippen LogP contribution in [0.4, 0.5) is 0 Å². The highest BCUT2D eigenvalue weighted by Crippen LogP contribution is 2.42. The minimum atomic E-state index is -1.47.